The van der Waals surface area contributed by atoms with Crippen molar-refractivity contribution in [1.29, 1.82) is 5.26 Å². The average Bonchev–Trinajstić information content (AvgIpc) is 3.68. The first-order valence-electron chi connectivity index (χ1n) is 11.1. The standard InChI is InChI=1S/C24H18F6N6O2/c1-13(18-19(33-5-4-32-18)20-34-9-17(10-35-20)38-12-23(25,26)27)36-21(37)14-6-15(22(11-31)2-3-22)8-16(7-14)24(28,29)30/h4-10,13H,2-3,12H2,1H3,(H,36,37). The van der Waals surface area contributed by atoms with E-state index in [4.69, 9.17) is 0 Å². The van der Waals surface area contributed by atoms with Crippen molar-refractivity contribution in [2.75, 3.05) is 6.61 Å². The maximum absolute atomic E-state index is 13.5. The van der Waals surface area contributed by atoms with E-state index < -0.39 is 41.9 Å². The molecule has 1 aliphatic carbocycles. The number of benzene rings is 1. The predicted octanol–water partition coefficient (Wildman–Crippen LogP) is 4.94. The molecule has 1 unspecified atom stereocenters. The highest BCUT2D eigenvalue weighted by atomic mass is 19.4. The molecule has 2 aromatic heterocycles. The highest BCUT2D eigenvalue weighted by molar-refractivity contribution is 5.95. The van der Waals surface area contributed by atoms with E-state index in [0.717, 1.165) is 18.5 Å². The van der Waals surface area contributed by atoms with Gasteiger partial charge in [-0.2, -0.15) is 31.6 Å². The number of nitrogens with one attached hydrogen (secondary N) is 1. The van der Waals surface area contributed by atoms with Gasteiger partial charge in [-0.05, 0) is 43.5 Å². The van der Waals surface area contributed by atoms with Crippen molar-refractivity contribution < 1.29 is 35.9 Å². The molecule has 1 fully saturated rings. The highest BCUT2D eigenvalue weighted by Crippen LogP contribution is 2.49. The smallest absolute Gasteiger partial charge is 0.422 e. The molecular formula is C24H18F6N6O2. The van der Waals surface area contributed by atoms with E-state index in [0.29, 0.717) is 18.9 Å². The number of nitriles is 1. The lowest BCUT2D eigenvalue weighted by Gasteiger charge is -2.18. The molecule has 1 amide bonds. The largest absolute Gasteiger partial charge is 0.481 e. The minimum atomic E-state index is -4.73. The Kier molecular flexibility index (Phi) is 6.96. The molecule has 3 aromatic rings. The molecule has 1 aromatic carbocycles. The normalized spacial score (nSPS) is 15.3. The summed E-state index contributed by atoms with van der Waals surface area (Å²) in [5, 5.41) is 12.0. The number of carbonyl (C=O) groups excluding carboxylic acids is 1. The van der Waals surface area contributed by atoms with Crippen molar-refractivity contribution >= 4 is 5.91 Å². The summed E-state index contributed by atoms with van der Waals surface area (Å²) in [6.45, 7) is -0.0136. The molecule has 0 radical (unpaired) electrons. The molecule has 0 saturated heterocycles. The van der Waals surface area contributed by atoms with Gasteiger partial charge in [0.15, 0.2) is 18.2 Å². The molecule has 1 saturated carbocycles. The lowest BCUT2D eigenvalue weighted by atomic mass is 9.93. The fourth-order valence-corrected chi connectivity index (χ4v) is 3.65. The summed E-state index contributed by atoms with van der Waals surface area (Å²) >= 11 is 0. The van der Waals surface area contributed by atoms with Crippen LogP contribution in [0.1, 0.15) is 53.0 Å². The maximum Gasteiger partial charge on any atom is 0.422 e. The quantitative estimate of drug-likeness (QED) is 0.426. The first-order valence-corrected chi connectivity index (χ1v) is 11.1. The lowest BCUT2D eigenvalue weighted by Crippen LogP contribution is -2.28. The Morgan fingerprint density at radius 2 is 1.74 bits per heavy atom. The number of hydrogen-bond acceptors (Lipinski definition) is 7. The van der Waals surface area contributed by atoms with E-state index in [1.165, 1.54) is 25.4 Å². The third-order valence-electron chi connectivity index (χ3n) is 5.77. The van der Waals surface area contributed by atoms with Crippen molar-refractivity contribution in [3.63, 3.8) is 0 Å². The number of alkyl halides is 6. The topological polar surface area (TPSA) is 114 Å². The summed E-state index contributed by atoms with van der Waals surface area (Å²) in [6, 6.07) is 4.01. The second kappa shape index (κ2) is 9.88. The van der Waals surface area contributed by atoms with Crippen LogP contribution in [0.15, 0.2) is 43.0 Å². The maximum atomic E-state index is 13.5. The van der Waals surface area contributed by atoms with Gasteiger partial charge in [0.1, 0.15) is 5.69 Å². The number of aromatic nitrogens is 4. The van der Waals surface area contributed by atoms with E-state index >= 15 is 0 Å². The molecule has 1 aliphatic rings. The van der Waals surface area contributed by atoms with Crippen LogP contribution in [0.2, 0.25) is 0 Å². The van der Waals surface area contributed by atoms with Crippen LogP contribution in [0.4, 0.5) is 26.3 Å². The Balaban J connectivity index is 1.57. The SMILES string of the molecule is CC(NC(=O)c1cc(C(F)(F)F)cc(C2(C#N)CC2)c1)c1nccnc1-c1ncc(OCC(F)(F)F)cn1. The Bertz CT molecular complexity index is 1380. The van der Waals surface area contributed by atoms with Crippen molar-refractivity contribution in [2.45, 2.75) is 43.6 Å². The molecule has 198 valence electrons. The van der Waals surface area contributed by atoms with E-state index in [1.54, 1.807) is 0 Å². The molecule has 2 heterocycles. The molecule has 38 heavy (non-hydrogen) atoms. The minimum Gasteiger partial charge on any atom is -0.481 e. The van der Waals surface area contributed by atoms with Crippen molar-refractivity contribution in [2.24, 2.45) is 0 Å². The number of halogens is 6. The van der Waals surface area contributed by atoms with Gasteiger partial charge in [-0.1, -0.05) is 0 Å². The number of rotatable bonds is 7. The van der Waals surface area contributed by atoms with E-state index in [9.17, 15) is 36.4 Å². The van der Waals surface area contributed by atoms with E-state index in [2.05, 4.69) is 30.0 Å². The van der Waals surface area contributed by atoms with Crippen LogP contribution in [-0.4, -0.2) is 38.6 Å². The van der Waals surface area contributed by atoms with Gasteiger partial charge in [0.25, 0.3) is 5.91 Å². The monoisotopic (exact) mass is 536 g/mol. The fourth-order valence-electron chi connectivity index (χ4n) is 3.65. The number of ether oxygens (including phenoxy) is 1. The van der Waals surface area contributed by atoms with Gasteiger partial charge in [-0.15, -0.1) is 0 Å². The number of hydrogen-bond donors (Lipinski definition) is 1. The second-order valence-electron chi connectivity index (χ2n) is 8.62. The Hall–Kier alpha value is -4.28. The fraction of sp³-hybridized carbons (Fsp3) is 0.333. The molecule has 8 nitrogen and oxygen atoms in total. The first kappa shape index (κ1) is 26.8. The van der Waals surface area contributed by atoms with Gasteiger partial charge in [0.05, 0.1) is 41.2 Å². The van der Waals surface area contributed by atoms with Crippen LogP contribution >= 0.6 is 0 Å². The Labute approximate surface area is 211 Å². The van der Waals surface area contributed by atoms with Crippen molar-refractivity contribution in [1.82, 2.24) is 25.3 Å². The second-order valence-corrected chi connectivity index (χ2v) is 8.62. The minimum absolute atomic E-state index is 0.0281. The van der Waals surface area contributed by atoms with Crippen molar-refractivity contribution in [3.05, 3.63) is 65.4 Å². The summed E-state index contributed by atoms with van der Waals surface area (Å²) in [5.41, 5.74) is -2.00. The van der Waals surface area contributed by atoms with Gasteiger partial charge in [0, 0.05) is 18.0 Å². The van der Waals surface area contributed by atoms with Crippen LogP contribution in [0.3, 0.4) is 0 Å². The predicted molar refractivity (Wildman–Crippen MR) is 118 cm³/mol. The van der Waals surface area contributed by atoms with Gasteiger partial charge < -0.3 is 10.1 Å². The first-order chi connectivity index (χ1) is 17.8. The summed E-state index contributed by atoms with van der Waals surface area (Å²) in [7, 11) is 0. The molecule has 0 aliphatic heterocycles. The zero-order valence-corrected chi connectivity index (χ0v) is 19.6. The lowest BCUT2D eigenvalue weighted by molar-refractivity contribution is -0.153. The van der Waals surface area contributed by atoms with Crippen LogP contribution in [0.25, 0.3) is 11.5 Å². The molecule has 1 atom stereocenters. The molecule has 0 bridgehead atoms. The third kappa shape index (κ3) is 5.99. The van der Waals surface area contributed by atoms with E-state index in [1.807, 2.05) is 6.07 Å². The van der Waals surface area contributed by atoms with Gasteiger partial charge >= 0.3 is 12.4 Å². The molecule has 1 N–H and O–H groups in total. The Morgan fingerprint density at radius 1 is 1.08 bits per heavy atom. The molecule has 0 spiro atoms. The van der Waals surface area contributed by atoms with Gasteiger partial charge in [-0.3, -0.25) is 9.78 Å². The Morgan fingerprint density at radius 3 is 2.32 bits per heavy atom. The summed E-state index contributed by atoms with van der Waals surface area (Å²) < 4.78 is 82.2. The third-order valence-corrected chi connectivity index (χ3v) is 5.77. The number of carbonyl (C=O) groups is 1. The molecule has 14 heteroatoms. The van der Waals surface area contributed by atoms with Crippen molar-refractivity contribution in [3.8, 4) is 23.3 Å². The zero-order valence-electron chi connectivity index (χ0n) is 19.6. The number of nitrogens with zero attached hydrogens (tertiary/aromatic N) is 5. The molecular weight excluding hydrogens is 518 g/mol. The summed E-state index contributed by atoms with van der Waals surface area (Å²) in [4.78, 5) is 29.2. The highest BCUT2D eigenvalue weighted by Gasteiger charge is 2.46. The average molecular weight is 536 g/mol. The number of amides is 1. The zero-order chi connectivity index (χ0) is 27.7. The van der Waals surface area contributed by atoms with Gasteiger partial charge in [-0.25, -0.2) is 15.0 Å². The summed E-state index contributed by atoms with van der Waals surface area (Å²) in [6.07, 6.45) is -3.83. The van der Waals surface area contributed by atoms with Crippen LogP contribution < -0.4 is 10.1 Å². The molecule has 4 rings (SSSR count). The van der Waals surface area contributed by atoms with Crippen LogP contribution in [0, 0.1) is 11.3 Å². The van der Waals surface area contributed by atoms with E-state index in [-0.39, 0.29) is 34.1 Å². The van der Waals surface area contributed by atoms with Crippen LogP contribution in [-0.2, 0) is 11.6 Å². The van der Waals surface area contributed by atoms with Crippen LogP contribution in [0.5, 0.6) is 5.75 Å². The van der Waals surface area contributed by atoms with Gasteiger partial charge in [0.2, 0.25) is 0 Å². The summed E-state index contributed by atoms with van der Waals surface area (Å²) in [5.74, 6) is -1.10.